The van der Waals surface area contributed by atoms with Crippen LogP contribution in [0, 0.1) is 5.82 Å². The van der Waals surface area contributed by atoms with Crippen LogP contribution in [0.5, 0.6) is 0 Å². The van der Waals surface area contributed by atoms with Gasteiger partial charge in [0, 0.05) is 24.0 Å². The summed E-state index contributed by atoms with van der Waals surface area (Å²) in [5.41, 5.74) is 2.01. The van der Waals surface area contributed by atoms with Crippen LogP contribution in [0.4, 0.5) is 15.9 Å². The third-order valence-electron chi connectivity index (χ3n) is 3.50. The predicted octanol–water partition coefficient (Wildman–Crippen LogP) is 3.40. The van der Waals surface area contributed by atoms with Gasteiger partial charge in [0.2, 0.25) is 0 Å². The first-order chi connectivity index (χ1) is 10.7. The Balaban J connectivity index is 1.90. The third kappa shape index (κ3) is 2.05. The van der Waals surface area contributed by atoms with Crippen LogP contribution >= 0.6 is 0 Å². The number of halogens is 1. The monoisotopic (exact) mass is 293 g/mol. The van der Waals surface area contributed by atoms with Gasteiger partial charge in [0.15, 0.2) is 0 Å². The first-order valence-electron chi connectivity index (χ1n) is 6.80. The fourth-order valence-electron chi connectivity index (χ4n) is 2.49. The molecule has 0 unspecified atom stereocenters. The van der Waals surface area contributed by atoms with E-state index in [0.717, 1.165) is 21.8 Å². The normalized spacial score (nSPS) is 11.2. The number of hydrogen-bond donors (Lipinski definition) is 1. The summed E-state index contributed by atoms with van der Waals surface area (Å²) in [5.74, 6) is 0.248. The minimum atomic E-state index is -0.322. The molecule has 0 bridgehead atoms. The van der Waals surface area contributed by atoms with Crippen molar-refractivity contribution in [3.63, 3.8) is 0 Å². The molecule has 6 heteroatoms. The largest absolute Gasteiger partial charge is 0.337 e. The minimum absolute atomic E-state index is 0.322. The SMILES string of the molecule is Cn1cc2cc3c(Nc4ccccc4F)ncnc3cc2n1. The molecule has 0 fully saturated rings. The summed E-state index contributed by atoms with van der Waals surface area (Å²) in [6.45, 7) is 0. The van der Waals surface area contributed by atoms with E-state index in [-0.39, 0.29) is 5.82 Å². The Morgan fingerprint density at radius 1 is 1.09 bits per heavy atom. The zero-order valence-electron chi connectivity index (χ0n) is 11.8. The average Bonchev–Trinajstić information content (AvgIpc) is 2.87. The first-order valence-corrected chi connectivity index (χ1v) is 6.80. The van der Waals surface area contributed by atoms with Crippen LogP contribution in [0.2, 0.25) is 0 Å². The van der Waals surface area contributed by atoms with Crippen molar-refractivity contribution < 1.29 is 4.39 Å². The molecule has 0 aliphatic rings. The molecule has 4 rings (SSSR count). The molecule has 0 amide bonds. The van der Waals surface area contributed by atoms with E-state index in [1.54, 1.807) is 22.9 Å². The lowest BCUT2D eigenvalue weighted by molar-refractivity contribution is 0.632. The van der Waals surface area contributed by atoms with Gasteiger partial charge in [0.25, 0.3) is 0 Å². The number of nitrogens with zero attached hydrogens (tertiary/aromatic N) is 4. The highest BCUT2D eigenvalue weighted by molar-refractivity contribution is 6.00. The van der Waals surface area contributed by atoms with E-state index >= 15 is 0 Å². The lowest BCUT2D eigenvalue weighted by Crippen LogP contribution is -1.98. The van der Waals surface area contributed by atoms with Crippen molar-refractivity contribution in [1.29, 1.82) is 0 Å². The Hall–Kier alpha value is -3.02. The lowest BCUT2D eigenvalue weighted by atomic mass is 10.1. The second-order valence-corrected chi connectivity index (χ2v) is 5.06. The molecule has 1 N–H and O–H groups in total. The van der Waals surface area contributed by atoms with Crippen molar-refractivity contribution in [2.75, 3.05) is 5.32 Å². The highest BCUT2D eigenvalue weighted by atomic mass is 19.1. The summed E-state index contributed by atoms with van der Waals surface area (Å²) in [4.78, 5) is 8.51. The number of aromatic nitrogens is 4. The number of rotatable bonds is 2. The molecule has 4 aromatic rings. The van der Waals surface area contributed by atoms with Crippen molar-refractivity contribution in [2.24, 2.45) is 7.05 Å². The number of anilines is 2. The average molecular weight is 293 g/mol. The number of para-hydroxylation sites is 1. The summed E-state index contributed by atoms with van der Waals surface area (Å²) >= 11 is 0. The maximum absolute atomic E-state index is 13.8. The van der Waals surface area contributed by atoms with Crippen LogP contribution in [0.3, 0.4) is 0 Å². The second kappa shape index (κ2) is 4.77. The molecule has 0 spiro atoms. The molecule has 0 radical (unpaired) electrons. The minimum Gasteiger partial charge on any atom is -0.337 e. The summed E-state index contributed by atoms with van der Waals surface area (Å²) < 4.78 is 15.6. The van der Waals surface area contributed by atoms with Gasteiger partial charge in [0.05, 0.1) is 16.7 Å². The van der Waals surface area contributed by atoms with E-state index in [9.17, 15) is 4.39 Å². The quantitative estimate of drug-likeness (QED) is 0.615. The summed E-state index contributed by atoms with van der Waals surface area (Å²) in [6.07, 6.45) is 3.38. The topological polar surface area (TPSA) is 55.6 Å². The Bertz CT molecular complexity index is 992. The molecule has 0 saturated carbocycles. The van der Waals surface area contributed by atoms with E-state index < -0.39 is 0 Å². The molecule has 0 aliphatic carbocycles. The van der Waals surface area contributed by atoms with E-state index in [2.05, 4.69) is 20.4 Å². The van der Waals surface area contributed by atoms with Gasteiger partial charge < -0.3 is 5.32 Å². The Morgan fingerprint density at radius 2 is 1.95 bits per heavy atom. The highest BCUT2D eigenvalue weighted by Crippen LogP contribution is 2.27. The van der Waals surface area contributed by atoms with E-state index in [4.69, 9.17) is 0 Å². The molecular weight excluding hydrogens is 281 g/mol. The Kier molecular flexibility index (Phi) is 2.75. The maximum atomic E-state index is 13.8. The van der Waals surface area contributed by atoms with Crippen LogP contribution in [-0.2, 0) is 7.05 Å². The van der Waals surface area contributed by atoms with Crippen LogP contribution in [-0.4, -0.2) is 19.7 Å². The number of fused-ring (bicyclic) bond motifs is 2. The lowest BCUT2D eigenvalue weighted by Gasteiger charge is -2.09. The molecule has 22 heavy (non-hydrogen) atoms. The van der Waals surface area contributed by atoms with Crippen LogP contribution in [0.25, 0.3) is 21.8 Å². The van der Waals surface area contributed by atoms with Crippen molar-refractivity contribution >= 4 is 33.3 Å². The fourth-order valence-corrected chi connectivity index (χ4v) is 2.49. The fraction of sp³-hybridized carbons (Fsp3) is 0.0625. The molecule has 5 nitrogen and oxygen atoms in total. The molecule has 2 heterocycles. The first kappa shape index (κ1) is 12.7. The van der Waals surface area contributed by atoms with Crippen LogP contribution in [0.15, 0.2) is 48.9 Å². The summed E-state index contributed by atoms with van der Waals surface area (Å²) in [6, 6.07) is 10.4. The van der Waals surface area contributed by atoms with Gasteiger partial charge >= 0.3 is 0 Å². The number of benzene rings is 2. The van der Waals surface area contributed by atoms with Gasteiger partial charge in [0.1, 0.15) is 18.0 Å². The molecular formula is C16H12FN5. The number of aryl methyl sites for hydroxylation is 1. The van der Waals surface area contributed by atoms with E-state index in [1.807, 2.05) is 25.4 Å². The molecule has 0 aliphatic heterocycles. The number of hydrogen-bond acceptors (Lipinski definition) is 4. The molecule has 2 aromatic carbocycles. The number of nitrogens with one attached hydrogen (secondary N) is 1. The Labute approximate surface area is 125 Å². The Morgan fingerprint density at radius 3 is 2.82 bits per heavy atom. The van der Waals surface area contributed by atoms with Crippen LogP contribution < -0.4 is 5.32 Å². The zero-order chi connectivity index (χ0) is 15.1. The van der Waals surface area contributed by atoms with E-state index in [0.29, 0.717) is 11.5 Å². The van der Waals surface area contributed by atoms with Crippen LogP contribution in [0.1, 0.15) is 0 Å². The summed E-state index contributed by atoms with van der Waals surface area (Å²) in [5, 5.41) is 9.21. The smallest absolute Gasteiger partial charge is 0.146 e. The summed E-state index contributed by atoms with van der Waals surface area (Å²) in [7, 11) is 1.87. The highest BCUT2D eigenvalue weighted by Gasteiger charge is 2.09. The maximum Gasteiger partial charge on any atom is 0.146 e. The van der Waals surface area contributed by atoms with Crippen molar-refractivity contribution in [3.8, 4) is 0 Å². The zero-order valence-corrected chi connectivity index (χ0v) is 11.8. The van der Waals surface area contributed by atoms with Gasteiger partial charge in [-0.15, -0.1) is 0 Å². The van der Waals surface area contributed by atoms with E-state index in [1.165, 1.54) is 12.4 Å². The molecule has 2 aromatic heterocycles. The standard InChI is InChI=1S/C16H12FN5/c1-22-8-10-6-11-15(7-14(10)21-22)18-9-19-16(11)20-13-5-3-2-4-12(13)17/h2-9H,1H3,(H,18,19,20). The third-order valence-corrected chi connectivity index (χ3v) is 3.50. The predicted molar refractivity (Wildman–Crippen MR) is 83.5 cm³/mol. The van der Waals surface area contributed by atoms with Crippen molar-refractivity contribution in [3.05, 3.63) is 54.7 Å². The molecule has 108 valence electrons. The van der Waals surface area contributed by atoms with Gasteiger partial charge in [-0.05, 0) is 24.3 Å². The van der Waals surface area contributed by atoms with Gasteiger partial charge in [-0.25, -0.2) is 14.4 Å². The molecule has 0 atom stereocenters. The van der Waals surface area contributed by atoms with Gasteiger partial charge in [-0.2, -0.15) is 5.10 Å². The van der Waals surface area contributed by atoms with Gasteiger partial charge in [-0.3, -0.25) is 4.68 Å². The second-order valence-electron chi connectivity index (χ2n) is 5.06. The molecule has 0 saturated heterocycles. The van der Waals surface area contributed by atoms with Crippen molar-refractivity contribution in [2.45, 2.75) is 0 Å². The van der Waals surface area contributed by atoms with Gasteiger partial charge in [-0.1, -0.05) is 12.1 Å². The van der Waals surface area contributed by atoms with Crippen molar-refractivity contribution in [1.82, 2.24) is 19.7 Å².